The second-order valence-electron chi connectivity index (χ2n) is 6.22. The summed E-state index contributed by atoms with van der Waals surface area (Å²) in [6.45, 7) is 8.32. The van der Waals surface area contributed by atoms with E-state index in [4.69, 9.17) is 16.3 Å². The summed E-state index contributed by atoms with van der Waals surface area (Å²) in [5, 5.41) is 5.28. The number of aromatic nitrogens is 2. The summed E-state index contributed by atoms with van der Waals surface area (Å²) in [6.07, 6.45) is 1.94. The van der Waals surface area contributed by atoms with Crippen LogP contribution in [0.25, 0.3) is 11.3 Å². The molecule has 1 aromatic heterocycles. The number of nitrogens with zero attached hydrogens (tertiary/aromatic N) is 2. The highest BCUT2D eigenvalue weighted by Crippen LogP contribution is 2.27. The van der Waals surface area contributed by atoms with Crippen LogP contribution in [-0.4, -0.2) is 24.5 Å². The molecule has 6 heteroatoms. The third kappa shape index (κ3) is 5.25. The first-order valence-corrected chi connectivity index (χ1v) is 11.8. The zero-order valence-electron chi connectivity index (χ0n) is 12.6. The van der Waals surface area contributed by atoms with Gasteiger partial charge in [-0.1, -0.05) is 43.4 Å². The molecule has 1 heterocycles. The minimum absolute atomic E-state index is 0.483. The van der Waals surface area contributed by atoms with Crippen molar-refractivity contribution in [2.24, 2.45) is 0 Å². The summed E-state index contributed by atoms with van der Waals surface area (Å²) in [5.74, 6) is 0. The summed E-state index contributed by atoms with van der Waals surface area (Å²) in [6, 6.07) is 8.83. The van der Waals surface area contributed by atoms with Crippen LogP contribution in [-0.2, 0) is 11.5 Å². The van der Waals surface area contributed by atoms with Gasteiger partial charge >= 0.3 is 0 Å². The number of rotatable bonds is 6. The van der Waals surface area contributed by atoms with Crippen LogP contribution in [0.1, 0.15) is 0 Å². The Labute approximate surface area is 140 Å². The molecule has 0 unspecified atom stereocenters. The maximum Gasteiger partial charge on any atom is 0.139 e. The van der Waals surface area contributed by atoms with Crippen molar-refractivity contribution in [3.63, 3.8) is 0 Å². The Balaban J connectivity index is 1.97. The molecule has 0 amide bonds. The first kappa shape index (κ1) is 16.7. The third-order valence-corrected chi connectivity index (χ3v) is 5.59. The van der Waals surface area contributed by atoms with Gasteiger partial charge in [-0.3, -0.25) is 0 Å². The van der Waals surface area contributed by atoms with Crippen molar-refractivity contribution in [2.75, 3.05) is 6.61 Å². The van der Waals surface area contributed by atoms with Crippen LogP contribution >= 0.6 is 27.5 Å². The lowest BCUT2D eigenvalue weighted by molar-refractivity contribution is 0.0787. The monoisotopic (exact) mass is 386 g/mol. The molecular weight excluding hydrogens is 368 g/mol. The second kappa shape index (κ2) is 7.09. The van der Waals surface area contributed by atoms with Crippen molar-refractivity contribution in [3.8, 4) is 11.3 Å². The van der Waals surface area contributed by atoms with Crippen molar-refractivity contribution < 1.29 is 4.74 Å². The van der Waals surface area contributed by atoms with Gasteiger partial charge in [-0.25, -0.2) is 4.68 Å². The van der Waals surface area contributed by atoms with Gasteiger partial charge in [-0.2, -0.15) is 5.10 Å². The van der Waals surface area contributed by atoms with Gasteiger partial charge in [0.15, 0.2) is 0 Å². The summed E-state index contributed by atoms with van der Waals surface area (Å²) in [5.41, 5.74) is 1.94. The molecule has 0 aliphatic heterocycles. The molecule has 0 radical (unpaired) electrons. The van der Waals surface area contributed by atoms with Gasteiger partial charge in [-0.05, 0) is 34.1 Å². The van der Waals surface area contributed by atoms with Crippen LogP contribution in [0.5, 0.6) is 0 Å². The van der Waals surface area contributed by atoms with E-state index in [-0.39, 0.29) is 0 Å². The van der Waals surface area contributed by atoms with Crippen LogP contribution in [0.2, 0.25) is 30.7 Å². The molecule has 0 atom stereocenters. The van der Waals surface area contributed by atoms with Gasteiger partial charge in [0.25, 0.3) is 0 Å². The predicted molar refractivity (Wildman–Crippen MR) is 94.5 cm³/mol. The lowest BCUT2D eigenvalue weighted by atomic mass is 10.2. The summed E-state index contributed by atoms with van der Waals surface area (Å²) >= 11 is 9.46. The molecule has 2 aromatic rings. The van der Waals surface area contributed by atoms with Crippen molar-refractivity contribution >= 4 is 35.6 Å². The van der Waals surface area contributed by atoms with Crippen LogP contribution in [0, 0.1) is 0 Å². The SMILES string of the molecule is C[Si](C)(C)CCOCn1cc(Br)c(-c2ccc(Cl)cc2)n1. The van der Waals surface area contributed by atoms with Gasteiger partial charge < -0.3 is 4.74 Å². The van der Waals surface area contributed by atoms with Crippen molar-refractivity contribution in [3.05, 3.63) is 40.0 Å². The van der Waals surface area contributed by atoms with Gasteiger partial charge in [0.1, 0.15) is 12.4 Å². The molecule has 0 saturated carbocycles. The summed E-state index contributed by atoms with van der Waals surface area (Å²) < 4.78 is 8.49. The van der Waals surface area contributed by atoms with E-state index >= 15 is 0 Å². The maximum atomic E-state index is 5.91. The predicted octanol–water partition coefficient (Wildman–Crippen LogP) is 5.28. The van der Waals surface area contributed by atoms with E-state index in [1.165, 1.54) is 6.04 Å². The minimum atomic E-state index is -1.04. The highest BCUT2D eigenvalue weighted by Gasteiger charge is 2.13. The Morgan fingerprint density at radius 1 is 1.24 bits per heavy atom. The minimum Gasteiger partial charge on any atom is -0.360 e. The lowest BCUT2D eigenvalue weighted by Crippen LogP contribution is -2.22. The molecule has 3 nitrogen and oxygen atoms in total. The smallest absolute Gasteiger partial charge is 0.139 e. The number of hydrogen-bond donors (Lipinski definition) is 0. The fraction of sp³-hybridized carbons (Fsp3) is 0.400. The lowest BCUT2D eigenvalue weighted by Gasteiger charge is -2.15. The molecule has 1 aromatic carbocycles. The Hall–Kier alpha value is -0.623. The van der Waals surface area contributed by atoms with Gasteiger partial charge in [0, 0.05) is 31.5 Å². The Morgan fingerprint density at radius 2 is 1.90 bits per heavy atom. The fourth-order valence-electron chi connectivity index (χ4n) is 1.80. The first-order chi connectivity index (χ1) is 9.85. The van der Waals surface area contributed by atoms with E-state index in [1.807, 2.05) is 35.1 Å². The van der Waals surface area contributed by atoms with E-state index in [1.54, 1.807) is 0 Å². The van der Waals surface area contributed by atoms with E-state index in [0.717, 1.165) is 27.4 Å². The summed E-state index contributed by atoms with van der Waals surface area (Å²) in [7, 11) is -1.04. The number of benzene rings is 1. The highest BCUT2D eigenvalue weighted by atomic mass is 79.9. The van der Waals surface area contributed by atoms with Gasteiger partial charge in [-0.15, -0.1) is 0 Å². The molecule has 2 rings (SSSR count). The first-order valence-electron chi connectivity index (χ1n) is 6.92. The Bertz CT molecular complexity index is 593. The molecule has 21 heavy (non-hydrogen) atoms. The molecule has 0 spiro atoms. The van der Waals surface area contributed by atoms with Crippen molar-refractivity contribution in [1.82, 2.24) is 9.78 Å². The molecule has 0 N–H and O–H groups in total. The zero-order valence-corrected chi connectivity index (χ0v) is 15.9. The largest absolute Gasteiger partial charge is 0.360 e. The number of hydrogen-bond acceptors (Lipinski definition) is 2. The summed E-state index contributed by atoms with van der Waals surface area (Å²) in [4.78, 5) is 0. The maximum absolute atomic E-state index is 5.91. The van der Waals surface area contributed by atoms with E-state index < -0.39 is 8.07 Å². The van der Waals surface area contributed by atoms with Crippen LogP contribution in [0.3, 0.4) is 0 Å². The molecule has 0 fully saturated rings. The highest BCUT2D eigenvalue weighted by molar-refractivity contribution is 9.10. The average molecular weight is 388 g/mol. The number of halogens is 2. The van der Waals surface area contributed by atoms with Crippen LogP contribution in [0.15, 0.2) is 34.9 Å². The van der Waals surface area contributed by atoms with E-state index in [9.17, 15) is 0 Å². The zero-order chi connectivity index (χ0) is 15.5. The molecule has 0 saturated heterocycles. The van der Waals surface area contributed by atoms with E-state index in [2.05, 4.69) is 40.7 Å². The fourth-order valence-corrected chi connectivity index (χ4v) is 3.23. The van der Waals surface area contributed by atoms with Gasteiger partial charge in [0.05, 0.1) is 4.47 Å². The molecule has 0 bridgehead atoms. The van der Waals surface area contributed by atoms with Crippen molar-refractivity contribution in [2.45, 2.75) is 32.4 Å². The van der Waals surface area contributed by atoms with E-state index in [0.29, 0.717) is 6.73 Å². The van der Waals surface area contributed by atoms with Gasteiger partial charge in [0.2, 0.25) is 0 Å². The number of ether oxygens (including phenoxy) is 1. The Morgan fingerprint density at radius 3 is 2.52 bits per heavy atom. The standard InChI is InChI=1S/C15H20BrClN2OSi/c1-21(2,3)9-8-20-11-19-10-14(16)15(18-19)12-4-6-13(17)7-5-12/h4-7,10H,8-9,11H2,1-3H3. The second-order valence-corrected chi connectivity index (χ2v) is 13.1. The topological polar surface area (TPSA) is 27.1 Å². The third-order valence-electron chi connectivity index (χ3n) is 3.05. The quantitative estimate of drug-likeness (QED) is 0.498. The average Bonchev–Trinajstić information content (AvgIpc) is 2.76. The molecule has 0 aliphatic rings. The molecule has 0 aliphatic carbocycles. The molecule has 114 valence electrons. The van der Waals surface area contributed by atoms with Crippen molar-refractivity contribution in [1.29, 1.82) is 0 Å². The molecular formula is C15H20BrClN2OSi. The normalized spacial score (nSPS) is 11.9. The van der Waals surface area contributed by atoms with Crippen LogP contribution < -0.4 is 0 Å². The van der Waals surface area contributed by atoms with Crippen LogP contribution in [0.4, 0.5) is 0 Å². The Kier molecular flexibility index (Phi) is 5.65.